The zero-order chi connectivity index (χ0) is 21.8. The summed E-state index contributed by atoms with van der Waals surface area (Å²) in [5.41, 5.74) is 2.74. The number of hydrogen-bond donors (Lipinski definition) is 2. The molecule has 2 amide bonds. The first-order valence-corrected chi connectivity index (χ1v) is 10.5. The highest BCUT2D eigenvalue weighted by molar-refractivity contribution is 6.39. The summed E-state index contributed by atoms with van der Waals surface area (Å²) < 4.78 is 10.6. The lowest BCUT2D eigenvalue weighted by Crippen LogP contribution is -2.41. The summed E-state index contributed by atoms with van der Waals surface area (Å²) in [6, 6.07) is 13.4. The zero-order valence-electron chi connectivity index (χ0n) is 17.9. The van der Waals surface area contributed by atoms with Crippen LogP contribution < -0.4 is 25.0 Å². The molecule has 0 aliphatic carbocycles. The van der Waals surface area contributed by atoms with Crippen LogP contribution in [-0.4, -0.2) is 57.2 Å². The Kier molecular flexibility index (Phi) is 6.27. The molecule has 31 heavy (non-hydrogen) atoms. The number of anilines is 2. The maximum absolute atomic E-state index is 12.5. The number of nitrogens with zero attached hydrogens (tertiary/aromatic N) is 2. The van der Waals surface area contributed by atoms with E-state index in [1.54, 1.807) is 18.2 Å². The van der Waals surface area contributed by atoms with Crippen LogP contribution in [0, 0.1) is 0 Å². The fourth-order valence-corrected chi connectivity index (χ4v) is 3.94. The first-order chi connectivity index (χ1) is 15.0. The standard InChI is InChI=1S/C23H28N4O4/c1-26(2)18-8-5-16(6-9-18)19(27-11-3-4-12-27)14-24-22(28)23(29)25-17-7-10-20-21(13-17)31-15-30-20/h5-10,13,19H,3-4,11-12,14-15H2,1-2H3,(H,24,28)(H,25,29)/t19-/m1/s1. The molecule has 1 saturated heterocycles. The Morgan fingerprint density at radius 1 is 1.00 bits per heavy atom. The number of nitrogens with one attached hydrogen (secondary N) is 2. The number of fused-ring (bicyclic) bond motifs is 1. The molecule has 2 aromatic carbocycles. The number of carbonyl (C=O) groups excluding carboxylic acids is 2. The number of amides is 2. The fourth-order valence-electron chi connectivity index (χ4n) is 3.94. The second-order valence-electron chi connectivity index (χ2n) is 7.98. The molecule has 1 atom stereocenters. The van der Waals surface area contributed by atoms with Gasteiger partial charge in [-0.15, -0.1) is 0 Å². The van der Waals surface area contributed by atoms with Gasteiger partial charge in [-0.3, -0.25) is 14.5 Å². The van der Waals surface area contributed by atoms with Gasteiger partial charge in [0.2, 0.25) is 6.79 Å². The highest BCUT2D eigenvalue weighted by atomic mass is 16.7. The van der Waals surface area contributed by atoms with E-state index in [9.17, 15) is 9.59 Å². The predicted octanol–water partition coefficient (Wildman–Crippen LogP) is 2.37. The molecular formula is C23H28N4O4. The fraction of sp³-hybridized carbons (Fsp3) is 0.391. The average molecular weight is 425 g/mol. The molecule has 164 valence electrons. The molecule has 2 aliphatic heterocycles. The largest absolute Gasteiger partial charge is 0.454 e. The van der Waals surface area contributed by atoms with Crippen molar-refractivity contribution in [1.82, 2.24) is 10.2 Å². The second kappa shape index (κ2) is 9.26. The predicted molar refractivity (Wildman–Crippen MR) is 119 cm³/mol. The Balaban J connectivity index is 1.39. The Morgan fingerprint density at radius 3 is 2.42 bits per heavy atom. The molecule has 0 aromatic heterocycles. The average Bonchev–Trinajstić information content (AvgIpc) is 3.46. The summed E-state index contributed by atoms with van der Waals surface area (Å²) in [6.07, 6.45) is 2.29. The van der Waals surface area contributed by atoms with Crippen LogP contribution in [0.3, 0.4) is 0 Å². The molecule has 2 aliphatic rings. The summed E-state index contributed by atoms with van der Waals surface area (Å²) >= 11 is 0. The first kappa shape index (κ1) is 21.0. The second-order valence-corrected chi connectivity index (χ2v) is 7.98. The molecule has 4 rings (SSSR count). The highest BCUT2D eigenvalue weighted by Gasteiger charge is 2.25. The van der Waals surface area contributed by atoms with Crippen LogP contribution in [0.4, 0.5) is 11.4 Å². The van der Waals surface area contributed by atoms with Crippen molar-refractivity contribution >= 4 is 23.2 Å². The van der Waals surface area contributed by atoms with E-state index < -0.39 is 11.8 Å². The quantitative estimate of drug-likeness (QED) is 0.693. The number of ether oxygens (including phenoxy) is 2. The Hall–Kier alpha value is -3.26. The first-order valence-electron chi connectivity index (χ1n) is 10.5. The molecule has 2 heterocycles. The van der Waals surface area contributed by atoms with Gasteiger partial charge in [-0.25, -0.2) is 0 Å². The van der Waals surface area contributed by atoms with Gasteiger partial charge in [0.05, 0.1) is 6.04 Å². The minimum atomic E-state index is -0.706. The van der Waals surface area contributed by atoms with E-state index in [0.717, 1.165) is 37.2 Å². The van der Waals surface area contributed by atoms with Crippen LogP contribution >= 0.6 is 0 Å². The lowest BCUT2D eigenvalue weighted by Gasteiger charge is -2.28. The maximum atomic E-state index is 12.5. The van der Waals surface area contributed by atoms with Crippen molar-refractivity contribution in [3.05, 3.63) is 48.0 Å². The van der Waals surface area contributed by atoms with Gasteiger partial charge in [-0.1, -0.05) is 12.1 Å². The van der Waals surface area contributed by atoms with E-state index >= 15 is 0 Å². The number of rotatable bonds is 6. The van der Waals surface area contributed by atoms with Gasteiger partial charge in [0.15, 0.2) is 11.5 Å². The molecule has 0 bridgehead atoms. The Morgan fingerprint density at radius 2 is 1.71 bits per heavy atom. The topological polar surface area (TPSA) is 83.1 Å². The van der Waals surface area contributed by atoms with Crippen molar-refractivity contribution < 1.29 is 19.1 Å². The van der Waals surface area contributed by atoms with Crippen LogP contribution in [0.1, 0.15) is 24.4 Å². The van der Waals surface area contributed by atoms with Gasteiger partial charge >= 0.3 is 11.8 Å². The van der Waals surface area contributed by atoms with Gasteiger partial charge in [-0.05, 0) is 55.8 Å². The number of carbonyl (C=O) groups is 2. The SMILES string of the molecule is CN(C)c1ccc([C@@H](CNC(=O)C(=O)Nc2ccc3c(c2)OCO3)N2CCCC2)cc1. The maximum Gasteiger partial charge on any atom is 0.313 e. The molecule has 0 unspecified atom stereocenters. The molecule has 2 N–H and O–H groups in total. The molecule has 0 spiro atoms. The van der Waals surface area contributed by atoms with Gasteiger partial charge < -0.3 is 25.0 Å². The van der Waals surface area contributed by atoms with Crippen LogP contribution in [0.15, 0.2) is 42.5 Å². The molecular weight excluding hydrogens is 396 g/mol. The minimum Gasteiger partial charge on any atom is -0.454 e. The van der Waals surface area contributed by atoms with Crippen molar-refractivity contribution in [1.29, 1.82) is 0 Å². The van der Waals surface area contributed by atoms with Crippen molar-refractivity contribution in [2.24, 2.45) is 0 Å². The van der Waals surface area contributed by atoms with E-state index in [-0.39, 0.29) is 12.8 Å². The van der Waals surface area contributed by atoms with Crippen LogP contribution in [0.2, 0.25) is 0 Å². The third kappa shape index (κ3) is 4.91. The number of benzene rings is 2. The summed E-state index contributed by atoms with van der Waals surface area (Å²) in [7, 11) is 4.01. The van der Waals surface area contributed by atoms with Gasteiger partial charge in [0.1, 0.15) is 0 Å². The van der Waals surface area contributed by atoms with Crippen molar-refractivity contribution in [2.75, 3.05) is 50.7 Å². The minimum absolute atomic E-state index is 0.0287. The molecule has 2 aromatic rings. The van der Waals surface area contributed by atoms with Crippen LogP contribution in [0.5, 0.6) is 11.5 Å². The van der Waals surface area contributed by atoms with E-state index in [2.05, 4.69) is 44.7 Å². The molecule has 8 heteroatoms. The van der Waals surface area contributed by atoms with Gasteiger partial charge in [-0.2, -0.15) is 0 Å². The summed E-state index contributed by atoms with van der Waals surface area (Å²) in [4.78, 5) is 29.3. The number of likely N-dealkylation sites (tertiary alicyclic amines) is 1. The van der Waals surface area contributed by atoms with E-state index in [1.807, 2.05) is 14.1 Å². The van der Waals surface area contributed by atoms with Crippen molar-refractivity contribution in [3.8, 4) is 11.5 Å². The molecule has 0 saturated carbocycles. The summed E-state index contributed by atoms with van der Waals surface area (Å²) in [5, 5.41) is 5.43. The Labute approximate surface area is 182 Å². The highest BCUT2D eigenvalue weighted by Crippen LogP contribution is 2.34. The van der Waals surface area contributed by atoms with Gasteiger partial charge in [0.25, 0.3) is 0 Å². The van der Waals surface area contributed by atoms with Crippen molar-refractivity contribution in [3.63, 3.8) is 0 Å². The lowest BCUT2D eigenvalue weighted by molar-refractivity contribution is -0.136. The molecule has 8 nitrogen and oxygen atoms in total. The van der Waals surface area contributed by atoms with Crippen molar-refractivity contribution in [2.45, 2.75) is 18.9 Å². The van der Waals surface area contributed by atoms with Crippen LogP contribution in [-0.2, 0) is 9.59 Å². The smallest absolute Gasteiger partial charge is 0.313 e. The van der Waals surface area contributed by atoms with Gasteiger partial charge in [0, 0.05) is 38.1 Å². The third-order valence-electron chi connectivity index (χ3n) is 5.67. The molecule has 0 radical (unpaired) electrons. The van der Waals surface area contributed by atoms with E-state index in [4.69, 9.17) is 9.47 Å². The number of hydrogen-bond acceptors (Lipinski definition) is 6. The van der Waals surface area contributed by atoms with E-state index in [0.29, 0.717) is 23.7 Å². The Bertz CT molecular complexity index is 939. The zero-order valence-corrected chi connectivity index (χ0v) is 17.9. The monoisotopic (exact) mass is 424 g/mol. The third-order valence-corrected chi connectivity index (χ3v) is 5.67. The lowest BCUT2D eigenvalue weighted by atomic mass is 10.0. The summed E-state index contributed by atoms with van der Waals surface area (Å²) in [5.74, 6) is -0.196. The summed E-state index contributed by atoms with van der Waals surface area (Å²) in [6.45, 7) is 2.49. The van der Waals surface area contributed by atoms with Crippen LogP contribution in [0.25, 0.3) is 0 Å². The normalized spacial score (nSPS) is 16.1. The molecule has 1 fully saturated rings. The van der Waals surface area contributed by atoms with E-state index in [1.165, 1.54) is 0 Å².